The molecule has 6 nitrogen and oxygen atoms in total. The number of thiazole rings is 1. The number of nitrogens with zero attached hydrogens (tertiary/aromatic N) is 4. The molecule has 3 aromatic heterocycles. The highest BCUT2D eigenvalue weighted by atomic mass is 32.1. The molecule has 0 spiro atoms. The second-order valence-electron chi connectivity index (χ2n) is 8.11. The number of hydrogen-bond acceptors (Lipinski definition) is 6. The minimum Gasteiger partial charge on any atom is -0.448 e. The molecular weight excluding hydrogens is 439 g/mol. The van der Waals surface area contributed by atoms with Crippen molar-refractivity contribution in [2.75, 3.05) is 6.54 Å². The normalized spacial score (nSPS) is 16.2. The summed E-state index contributed by atoms with van der Waals surface area (Å²) < 4.78 is 19.1. The minimum atomic E-state index is -0.306. The Balaban J connectivity index is 1.39. The summed E-state index contributed by atoms with van der Waals surface area (Å²) in [6.07, 6.45) is 6.74. The van der Waals surface area contributed by atoms with Gasteiger partial charge in [0.05, 0.1) is 15.6 Å². The van der Waals surface area contributed by atoms with E-state index < -0.39 is 0 Å². The zero-order valence-electron chi connectivity index (χ0n) is 18.2. The molecule has 168 valence electrons. The standard InChI is InChI=1S/C25H23FN4O2S/c1-16-28-23(24(33-16)17-8-10-18(26)11-9-17)25(31)30-13-5-3-6-19(30)14-22-29-21(15-32-22)20-7-2-4-12-27-20/h2,4,7-12,15,19H,3,5-6,13-14H2,1H3. The van der Waals surface area contributed by atoms with E-state index in [4.69, 9.17) is 4.42 Å². The first-order valence-electron chi connectivity index (χ1n) is 11.0. The highest BCUT2D eigenvalue weighted by Crippen LogP contribution is 2.33. The number of aryl methyl sites for hydroxylation is 1. The van der Waals surface area contributed by atoms with Crippen LogP contribution in [0.3, 0.4) is 0 Å². The summed E-state index contributed by atoms with van der Waals surface area (Å²) in [5, 5.41) is 0.805. The third-order valence-corrected chi connectivity index (χ3v) is 6.84. The molecule has 1 saturated heterocycles. The van der Waals surface area contributed by atoms with E-state index in [9.17, 15) is 9.18 Å². The van der Waals surface area contributed by atoms with Gasteiger partial charge in [0.25, 0.3) is 5.91 Å². The maximum atomic E-state index is 13.6. The van der Waals surface area contributed by atoms with Crippen molar-refractivity contribution in [3.63, 3.8) is 0 Å². The van der Waals surface area contributed by atoms with Gasteiger partial charge in [-0.1, -0.05) is 18.2 Å². The predicted molar refractivity (Wildman–Crippen MR) is 124 cm³/mol. The van der Waals surface area contributed by atoms with Crippen LogP contribution in [0.5, 0.6) is 0 Å². The van der Waals surface area contributed by atoms with Gasteiger partial charge in [-0.3, -0.25) is 9.78 Å². The lowest BCUT2D eigenvalue weighted by molar-refractivity contribution is 0.0601. The van der Waals surface area contributed by atoms with Crippen LogP contribution >= 0.6 is 11.3 Å². The van der Waals surface area contributed by atoms with Crippen molar-refractivity contribution < 1.29 is 13.6 Å². The van der Waals surface area contributed by atoms with E-state index in [2.05, 4.69) is 15.0 Å². The lowest BCUT2D eigenvalue weighted by atomic mass is 9.98. The molecule has 4 aromatic rings. The number of likely N-dealkylation sites (tertiary alicyclic amines) is 1. The Morgan fingerprint density at radius 2 is 2.00 bits per heavy atom. The number of carbonyl (C=O) groups is 1. The summed E-state index contributed by atoms with van der Waals surface area (Å²) in [5.41, 5.74) is 2.67. The van der Waals surface area contributed by atoms with E-state index in [1.807, 2.05) is 30.0 Å². The SMILES string of the molecule is Cc1nc(C(=O)N2CCCCC2Cc2nc(-c3ccccn3)co2)c(-c2ccc(F)cc2)s1. The van der Waals surface area contributed by atoms with E-state index in [1.165, 1.54) is 23.5 Å². The molecule has 1 amide bonds. The molecule has 0 saturated carbocycles. The van der Waals surface area contributed by atoms with Crippen LogP contribution in [-0.2, 0) is 6.42 Å². The maximum absolute atomic E-state index is 13.6. The molecule has 33 heavy (non-hydrogen) atoms. The zero-order chi connectivity index (χ0) is 22.8. The fourth-order valence-electron chi connectivity index (χ4n) is 4.22. The van der Waals surface area contributed by atoms with Crippen LogP contribution in [0.1, 0.15) is 40.6 Å². The molecule has 0 N–H and O–H groups in total. The van der Waals surface area contributed by atoms with E-state index in [1.54, 1.807) is 24.6 Å². The molecule has 4 heterocycles. The lowest BCUT2D eigenvalue weighted by Crippen LogP contribution is -2.45. The molecule has 1 aliphatic rings. The maximum Gasteiger partial charge on any atom is 0.274 e. The van der Waals surface area contributed by atoms with Gasteiger partial charge in [0.2, 0.25) is 0 Å². The van der Waals surface area contributed by atoms with Gasteiger partial charge in [0.15, 0.2) is 5.89 Å². The molecule has 5 rings (SSSR count). The first-order valence-corrected chi connectivity index (χ1v) is 11.8. The van der Waals surface area contributed by atoms with Crippen molar-refractivity contribution >= 4 is 17.2 Å². The van der Waals surface area contributed by atoms with E-state index >= 15 is 0 Å². The number of amides is 1. The Labute approximate surface area is 195 Å². The van der Waals surface area contributed by atoms with Crippen molar-refractivity contribution in [2.24, 2.45) is 0 Å². The van der Waals surface area contributed by atoms with Gasteiger partial charge in [-0.15, -0.1) is 11.3 Å². The van der Waals surface area contributed by atoms with Gasteiger partial charge >= 0.3 is 0 Å². The summed E-state index contributed by atoms with van der Waals surface area (Å²) in [6, 6.07) is 11.8. The van der Waals surface area contributed by atoms with Gasteiger partial charge in [-0.25, -0.2) is 14.4 Å². The number of hydrogen-bond donors (Lipinski definition) is 0. The third kappa shape index (κ3) is 4.57. The van der Waals surface area contributed by atoms with Crippen molar-refractivity contribution in [1.82, 2.24) is 19.9 Å². The number of halogens is 1. The van der Waals surface area contributed by atoms with Gasteiger partial charge in [0.1, 0.15) is 23.5 Å². The molecule has 0 aliphatic carbocycles. The summed E-state index contributed by atoms with van der Waals surface area (Å²) in [6.45, 7) is 2.55. The van der Waals surface area contributed by atoms with E-state index in [0.717, 1.165) is 40.4 Å². The van der Waals surface area contributed by atoms with Gasteiger partial charge in [-0.2, -0.15) is 0 Å². The van der Waals surface area contributed by atoms with E-state index in [0.29, 0.717) is 30.2 Å². The number of rotatable bonds is 5. The highest BCUT2D eigenvalue weighted by Gasteiger charge is 2.32. The minimum absolute atomic E-state index is 0.0236. The fourth-order valence-corrected chi connectivity index (χ4v) is 5.14. The molecule has 0 bridgehead atoms. The van der Waals surface area contributed by atoms with Crippen molar-refractivity contribution in [3.8, 4) is 21.8 Å². The molecular formula is C25H23FN4O2S. The number of carbonyl (C=O) groups excluding carboxylic acids is 1. The molecule has 1 aromatic carbocycles. The summed E-state index contributed by atoms with van der Waals surface area (Å²) in [7, 11) is 0. The Kier molecular flexibility index (Phi) is 6.00. The molecule has 0 radical (unpaired) electrons. The molecule has 1 unspecified atom stereocenters. The van der Waals surface area contributed by atoms with Crippen LogP contribution in [0, 0.1) is 12.7 Å². The van der Waals surface area contributed by atoms with Crippen molar-refractivity contribution in [2.45, 2.75) is 38.6 Å². The van der Waals surface area contributed by atoms with Crippen LogP contribution in [0.4, 0.5) is 4.39 Å². The average molecular weight is 463 g/mol. The number of pyridine rings is 1. The summed E-state index contributed by atoms with van der Waals surface area (Å²) in [5.74, 6) is 0.188. The molecule has 1 fully saturated rings. The molecule has 1 aliphatic heterocycles. The Bertz CT molecular complexity index is 1250. The van der Waals surface area contributed by atoms with Crippen LogP contribution in [-0.4, -0.2) is 38.3 Å². The van der Waals surface area contributed by atoms with Crippen LogP contribution in [0.15, 0.2) is 59.3 Å². The summed E-state index contributed by atoms with van der Waals surface area (Å²) in [4.78, 5) is 29.8. The topological polar surface area (TPSA) is 72.1 Å². The number of benzene rings is 1. The predicted octanol–water partition coefficient (Wildman–Crippen LogP) is 5.55. The average Bonchev–Trinajstić information content (AvgIpc) is 3.47. The number of piperidine rings is 1. The largest absolute Gasteiger partial charge is 0.448 e. The second kappa shape index (κ2) is 9.23. The second-order valence-corrected chi connectivity index (χ2v) is 9.31. The van der Waals surface area contributed by atoms with Crippen molar-refractivity contribution in [3.05, 3.63) is 77.3 Å². The highest BCUT2D eigenvalue weighted by molar-refractivity contribution is 7.15. The fraction of sp³-hybridized carbons (Fsp3) is 0.280. The number of oxazole rings is 1. The van der Waals surface area contributed by atoms with E-state index in [-0.39, 0.29) is 17.8 Å². The lowest BCUT2D eigenvalue weighted by Gasteiger charge is -2.35. The van der Waals surface area contributed by atoms with Crippen LogP contribution in [0.25, 0.3) is 21.8 Å². The number of aromatic nitrogens is 3. The Morgan fingerprint density at radius 3 is 2.79 bits per heavy atom. The smallest absolute Gasteiger partial charge is 0.274 e. The quantitative estimate of drug-likeness (QED) is 0.389. The van der Waals surface area contributed by atoms with Crippen LogP contribution < -0.4 is 0 Å². The Morgan fingerprint density at radius 1 is 1.15 bits per heavy atom. The molecule has 8 heteroatoms. The molecule has 1 atom stereocenters. The van der Waals surface area contributed by atoms with Crippen LogP contribution in [0.2, 0.25) is 0 Å². The van der Waals surface area contributed by atoms with Gasteiger partial charge in [0, 0.05) is 25.2 Å². The van der Waals surface area contributed by atoms with Crippen molar-refractivity contribution in [1.29, 1.82) is 0 Å². The first kappa shape index (κ1) is 21.5. The monoisotopic (exact) mass is 462 g/mol. The van der Waals surface area contributed by atoms with Gasteiger partial charge in [-0.05, 0) is 56.0 Å². The third-order valence-electron chi connectivity index (χ3n) is 5.82. The van der Waals surface area contributed by atoms with Gasteiger partial charge < -0.3 is 9.32 Å². The summed E-state index contributed by atoms with van der Waals surface area (Å²) >= 11 is 1.45. The Hall–Kier alpha value is -3.39. The first-order chi connectivity index (χ1) is 16.1. The zero-order valence-corrected chi connectivity index (χ0v) is 19.0.